The number of carbonyl (C=O) groups excluding carboxylic acids is 4. The highest BCUT2D eigenvalue weighted by Crippen LogP contribution is 2.45. The van der Waals surface area contributed by atoms with Gasteiger partial charge in [-0.15, -0.1) is 0 Å². The number of carbonyl (C=O) groups is 4. The minimum absolute atomic E-state index is 0.108. The summed E-state index contributed by atoms with van der Waals surface area (Å²) >= 11 is 0. The third-order valence-electron chi connectivity index (χ3n) is 21.0. The second kappa shape index (κ2) is 81.6. The number of aliphatic hydroxyl groups excluding tert-OH is 1. The van der Waals surface area contributed by atoms with Crippen LogP contribution in [0.4, 0.5) is 0 Å². The molecule has 0 aliphatic heterocycles. The molecule has 2 unspecified atom stereocenters. The third-order valence-corrected chi connectivity index (χ3v) is 22.9. The molecule has 0 aromatic rings. The Balaban J connectivity index is 5.17. The van der Waals surface area contributed by atoms with E-state index in [1.807, 2.05) is 0 Å². The lowest BCUT2D eigenvalue weighted by Crippen LogP contribution is -2.30. The number of aliphatic hydroxyl groups is 1. The largest absolute Gasteiger partial charge is 0.472 e. The molecule has 5 atom stereocenters. The predicted molar refractivity (Wildman–Crippen MR) is 446 cm³/mol. The molecule has 0 aliphatic rings. The summed E-state index contributed by atoms with van der Waals surface area (Å²) in [6, 6.07) is 0. The summed E-state index contributed by atoms with van der Waals surface area (Å²) in [5.41, 5.74) is 0. The summed E-state index contributed by atoms with van der Waals surface area (Å²) in [6.45, 7) is 7.37. The van der Waals surface area contributed by atoms with E-state index in [4.69, 9.17) is 37.0 Å². The Morgan fingerprint density at radius 3 is 0.630 bits per heavy atom. The Morgan fingerprint density at radius 1 is 0.250 bits per heavy atom. The summed E-state index contributed by atoms with van der Waals surface area (Å²) in [5.74, 6) is -1.31. The smallest absolute Gasteiger partial charge is 0.462 e. The van der Waals surface area contributed by atoms with E-state index in [2.05, 4.69) is 34.6 Å². The number of phosphoric acid groups is 2. The maximum absolute atomic E-state index is 13.2. The second-order valence-electron chi connectivity index (χ2n) is 32.5. The van der Waals surface area contributed by atoms with E-state index in [1.165, 1.54) is 302 Å². The predicted octanol–water partition coefficient (Wildman–Crippen LogP) is 27.5. The van der Waals surface area contributed by atoms with Crippen molar-refractivity contribution in [2.45, 2.75) is 502 Å². The Kier molecular flexibility index (Phi) is 80.2. The summed E-state index contributed by atoms with van der Waals surface area (Å²) in [6.07, 6.45) is 76.7. The Labute approximate surface area is 664 Å². The van der Waals surface area contributed by atoms with Crippen LogP contribution in [0.5, 0.6) is 0 Å². The Hall–Kier alpha value is -1.94. The molecule has 3 N–H and O–H groups in total. The first kappa shape index (κ1) is 106. The van der Waals surface area contributed by atoms with Crippen molar-refractivity contribution in [1.29, 1.82) is 0 Å². The van der Waals surface area contributed by atoms with E-state index in [9.17, 15) is 43.2 Å². The van der Waals surface area contributed by atoms with Crippen molar-refractivity contribution in [2.24, 2.45) is 5.92 Å². The fraction of sp³-hybridized carbons (Fsp3) is 0.955. The molecule has 0 spiro atoms. The van der Waals surface area contributed by atoms with Crippen LogP contribution in [0.3, 0.4) is 0 Å². The van der Waals surface area contributed by atoms with Crippen LogP contribution in [-0.4, -0.2) is 96.7 Å². The van der Waals surface area contributed by atoms with Gasteiger partial charge < -0.3 is 33.8 Å². The number of rotatable bonds is 89. The van der Waals surface area contributed by atoms with Crippen molar-refractivity contribution >= 4 is 39.5 Å². The fourth-order valence-electron chi connectivity index (χ4n) is 14.0. The van der Waals surface area contributed by atoms with E-state index in [0.717, 1.165) is 102 Å². The molecule has 0 bridgehead atoms. The van der Waals surface area contributed by atoms with Gasteiger partial charge in [0.2, 0.25) is 0 Å². The number of ether oxygens (including phenoxy) is 4. The molecule has 0 rings (SSSR count). The minimum Gasteiger partial charge on any atom is -0.462 e. The first-order chi connectivity index (χ1) is 52.5. The molecule has 0 saturated carbocycles. The van der Waals surface area contributed by atoms with Crippen LogP contribution in [0.15, 0.2) is 0 Å². The quantitative estimate of drug-likeness (QED) is 0.0222. The molecule has 0 fully saturated rings. The monoisotopic (exact) mass is 1580 g/mol. The van der Waals surface area contributed by atoms with Gasteiger partial charge in [-0.05, 0) is 31.6 Å². The number of esters is 4. The number of phosphoric ester groups is 2. The summed E-state index contributed by atoms with van der Waals surface area (Å²) in [4.78, 5) is 73.2. The van der Waals surface area contributed by atoms with Crippen LogP contribution in [-0.2, 0) is 65.4 Å². The molecule has 108 heavy (non-hydrogen) atoms. The Bertz CT molecular complexity index is 2050. The first-order valence-corrected chi connectivity index (χ1v) is 49.1. The first-order valence-electron chi connectivity index (χ1n) is 46.1. The lowest BCUT2D eigenvalue weighted by molar-refractivity contribution is -0.161. The molecule has 0 radical (unpaired) electrons. The fourth-order valence-corrected chi connectivity index (χ4v) is 15.6. The van der Waals surface area contributed by atoms with Crippen molar-refractivity contribution in [3.8, 4) is 0 Å². The van der Waals surface area contributed by atoms with Crippen LogP contribution in [0.2, 0.25) is 0 Å². The highest BCUT2D eigenvalue weighted by Gasteiger charge is 2.30. The van der Waals surface area contributed by atoms with Gasteiger partial charge in [-0.25, -0.2) is 9.13 Å². The average Bonchev–Trinajstić information content (AvgIpc) is 0.902. The van der Waals surface area contributed by atoms with Gasteiger partial charge in [0.25, 0.3) is 0 Å². The zero-order valence-corrected chi connectivity index (χ0v) is 72.8. The van der Waals surface area contributed by atoms with E-state index < -0.39 is 97.5 Å². The zero-order chi connectivity index (χ0) is 79.0. The van der Waals surface area contributed by atoms with E-state index in [-0.39, 0.29) is 25.7 Å². The normalized spacial score (nSPS) is 13.7. The number of hydrogen-bond donors (Lipinski definition) is 3. The Morgan fingerprint density at radius 2 is 0.426 bits per heavy atom. The topological polar surface area (TPSA) is 237 Å². The molecule has 0 amide bonds. The SMILES string of the molecule is CCCCCCCCCCCCCCCCCCCCCCCCC(=O)O[C@H](COC(=O)CCCCCCCCCCCCCCCCCCCCCCC)COP(=O)(O)OC[C@@H](O)COP(=O)(O)OC[C@@H](COC(=O)CCCCCCCCCC)OC(=O)CCCCCCCCCCCCCCCCC(C)C. The molecule has 0 aromatic carbocycles. The van der Waals surface area contributed by atoms with Crippen LogP contribution < -0.4 is 0 Å². The van der Waals surface area contributed by atoms with E-state index in [1.54, 1.807) is 0 Å². The molecule has 19 heteroatoms. The van der Waals surface area contributed by atoms with Crippen molar-refractivity contribution < 1.29 is 80.2 Å². The maximum atomic E-state index is 13.2. The van der Waals surface area contributed by atoms with Crippen LogP contribution in [0.1, 0.15) is 484 Å². The van der Waals surface area contributed by atoms with Gasteiger partial charge in [0, 0.05) is 25.7 Å². The van der Waals surface area contributed by atoms with Crippen LogP contribution in [0.25, 0.3) is 0 Å². The van der Waals surface area contributed by atoms with Gasteiger partial charge in [-0.2, -0.15) is 0 Å². The molecule has 642 valence electrons. The van der Waals surface area contributed by atoms with Crippen molar-refractivity contribution in [2.75, 3.05) is 39.6 Å². The molecule has 17 nitrogen and oxygen atoms in total. The van der Waals surface area contributed by atoms with Crippen LogP contribution >= 0.6 is 15.6 Å². The van der Waals surface area contributed by atoms with Crippen molar-refractivity contribution in [3.63, 3.8) is 0 Å². The third kappa shape index (κ3) is 82.1. The van der Waals surface area contributed by atoms with Gasteiger partial charge >= 0.3 is 39.5 Å². The summed E-state index contributed by atoms with van der Waals surface area (Å²) in [7, 11) is -9.93. The summed E-state index contributed by atoms with van der Waals surface area (Å²) in [5, 5.41) is 10.7. The highest BCUT2D eigenvalue weighted by atomic mass is 31.2. The summed E-state index contributed by atoms with van der Waals surface area (Å²) < 4.78 is 68.9. The van der Waals surface area contributed by atoms with Gasteiger partial charge in [0.1, 0.15) is 19.3 Å². The molecular weight excluding hydrogens is 1400 g/mol. The van der Waals surface area contributed by atoms with Gasteiger partial charge in [0.05, 0.1) is 26.4 Å². The molecule has 0 heterocycles. The lowest BCUT2D eigenvalue weighted by Gasteiger charge is -2.21. The molecule has 0 aromatic heterocycles. The molecule has 0 aliphatic carbocycles. The van der Waals surface area contributed by atoms with E-state index in [0.29, 0.717) is 25.7 Å². The zero-order valence-electron chi connectivity index (χ0n) is 71.0. The van der Waals surface area contributed by atoms with Gasteiger partial charge in [-0.3, -0.25) is 37.3 Å². The van der Waals surface area contributed by atoms with Crippen LogP contribution in [0, 0.1) is 5.92 Å². The standard InChI is InChI=1S/C89H174O17P2/c1-6-9-12-15-18-21-23-25-27-29-31-33-35-37-39-41-46-50-54-59-64-69-74-89(94)106-85(79-100-87(92)73-68-63-58-53-49-45-40-38-36-34-32-30-28-26-24-22-19-16-13-10-7-2)81-104-108(97,98)102-77-83(90)76-101-107(95,96)103-80-84(78-99-86(91)72-67-62-57-20-17-14-11-8-3)105-88(93)75-70-65-60-55-51-47-43-42-44-48-52-56-61-66-71-82(4)5/h82-85,90H,6-81H2,1-5H3,(H,95,96)(H,97,98)/t83-,84+,85+/m0/s1. The van der Waals surface area contributed by atoms with Gasteiger partial charge in [0.15, 0.2) is 12.2 Å². The molecular formula is C89H174O17P2. The number of hydrogen-bond acceptors (Lipinski definition) is 15. The van der Waals surface area contributed by atoms with E-state index >= 15 is 0 Å². The van der Waals surface area contributed by atoms with Gasteiger partial charge in [-0.1, -0.05) is 433 Å². The average molecular weight is 1580 g/mol. The second-order valence-corrected chi connectivity index (χ2v) is 35.4. The van der Waals surface area contributed by atoms with Crippen molar-refractivity contribution in [1.82, 2.24) is 0 Å². The minimum atomic E-state index is -4.97. The van der Waals surface area contributed by atoms with Crippen molar-refractivity contribution in [3.05, 3.63) is 0 Å². The number of unbranched alkanes of at least 4 members (excludes halogenated alkanes) is 61. The lowest BCUT2D eigenvalue weighted by atomic mass is 10.0. The molecule has 0 saturated heterocycles. The maximum Gasteiger partial charge on any atom is 0.472 e. The highest BCUT2D eigenvalue weighted by molar-refractivity contribution is 7.47.